The van der Waals surface area contributed by atoms with E-state index in [1.165, 1.54) is 6.20 Å². The summed E-state index contributed by atoms with van der Waals surface area (Å²) in [5.41, 5.74) is 7.00. The summed E-state index contributed by atoms with van der Waals surface area (Å²) >= 11 is 3.36. The molecule has 5 nitrogen and oxygen atoms in total. The van der Waals surface area contributed by atoms with Gasteiger partial charge in [-0.2, -0.15) is 0 Å². The predicted molar refractivity (Wildman–Crippen MR) is 83.3 cm³/mol. The van der Waals surface area contributed by atoms with Crippen LogP contribution in [0.5, 0.6) is 5.75 Å². The van der Waals surface area contributed by atoms with Gasteiger partial charge in [0.25, 0.3) is 0 Å². The fourth-order valence-corrected chi connectivity index (χ4v) is 2.06. The second-order valence-electron chi connectivity index (χ2n) is 4.34. The number of nitrogens with zero attached hydrogens (tertiary/aromatic N) is 1. The molecule has 1 aromatic heterocycles. The SMILES string of the molecule is Cc1ncc(N)cc1C(=O)OCCOc1cccc(Br)c1. The Morgan fingerprint density at radius 1 is 1.33 bits per heavy atom. The number of nitrogens with two attached hydrogens (primary N) is 1. The van der Waals surface area contributed by atoms with E-state index >= 15 is 0 Å². The quantitative estimate of drug-likeness (QED) is 0.662. The van der Waals surface area contributed by atoms with E-state index < -0.39 is 5.97 Å². The van der Waals surface area contributed by atoms with Crippen molar-refractivity contribution in [3.05, 3.63) is 52.3 Å². The lowest BCUT2D eigenvalue weighted by Crippen LogP contribution is -2.14. The minimum atomic E-state index is -0.454. The molecule has 0 saturated carbocycles. The minimum Gasteiger partial charge on any atom is -0.490 e. The Balaban J connectivity index is 1.83. The maximum atomic E-state index is 11.9. The molecule has 0 bridgehead atoms. The fraction of sp³-hybridized carbons (Fsp3) is 0.200. The van der Waals surface area contributed by atoms with Crippen LogP contribution < -0.4 is 10.5 Å². The fourth-order valence-electron chi connectivity index (χ4n) is 1.68. The van der Waals surface area contributed by atoms with Crippen LogP contribution in [-0.2, 0) is 4.74 Å². The van der Waals surface area contributed by atoms with Gasteiger partial charge in [-0.3, -0.25) is 4.98 Å². The maximum Gasteiger partial charge on any atom is 0.340 e. The first-order chi connectivity index (χ1) is 10.1. The second kappa shape index (κ2) is 7.08. The van der Waals surface area contributed by atoms with Gasteiger partial charge in [-0.1, -0.05) is 22.0 Å². The van der Waals surface area contributed by atoms with Gasteiger partial charge in [0.1, 0.15) is 19.0 Å². The zero-order valence-electron chi connectivity index (χ0n) is 11.5. The number of carbonyl (C=O) groups excluding carboxylic acids is 1. The molecule has 0 aliphatic heterocycles. The van der Waals surface area contributed by atoms with E-state index in [2.05, 4.69) is 20.9 Å². The Morgan fingerprint density at radius 2 is 2.14 bits per heavy atom. The molecule has 0 aliphatic carbocycles. The van der Waals surface area contributed by atoms with Gasteiger partial charge in [-0.05, 0) is 31.2 Å². The van der Waals surface area contributed by atoms with Crippen molar-refractivity contribution < 1.29 is 14.3 Å². The number of carbonyl (C=O) groups is 1. The van der Waals surface area contributed by atoms with Crippen molar-refractivity contribution in [3.8, 4) is 5.75 Å². The van der Waals surface area contributed by atoms with Gasteiger partial charge in [0.15, 0.2) is 0 Å². The molecule has 0 saturated heterocycles. The van der Waals surface area contributed by atoms with Crippen LogP contribution in [-0.4, -0.2) is 24.2 Å². The van der Waals surface area contributed by atoms with E-state index in [0.29, 0.717) is 22.7 Å². The average molecular weight is 351 g/mol. The maximum absolute atomic E-state index is 11.9. The lowest BCUT2D eigenvalue weighted by molar-refractivity contribution is 0.0449. The first-order valence-corrected chi connectivity index (χ1v) is 7.13. The van der Waals surface area contributed by atoms with Crippen molar-refractivity contribution in [2.45, 2.75) is 6.92 Å². The van der Waals surface area contributed by atoms with Gasteiger partial charge >= 0.3 is 5.97 Å². The molecule has 0 atom stereocenters. The predicted octanol–water partition coefficient (Wildman–Crippen LogP) is 2.97. The van der Waals surface area contributed by atoms with Gasteiger partial charge < -0.3 is 15.2 Å². The number of halogens is 1. The Bertz CT molecular complexity index is 647. The lowest BCUT2D eigenvalue weighted by Gasteiger charge is -2.09. The van der Waals surface area contributed by atoms with E-state index in [1.807, 2.05) is 24.3 Å². The van der Waals surface area contributed by atoms with Gasteiger partial charge in [0.2, 0.25) is 0 Å². The summed E-state index contributed by atoms with van der Waals surface area (Å²) in [7, 11) is 0. The third kappa shape index (κ3) is 4.46. The van der Waals surface area contributed by atoms with Crippen LogP contribution in [0, 0.1) is 6.92 Å². The average Bonchev–Trinajstić information content (AvgIpc) is 2.46. The van der Waals surface area contributed by atoms with Crippen molar-refractivity contribution in [1.82, 2.24) is 4.98 Å². The molecule has 0 unspecified atom stereocenters. The van der Waals surface area contributed by atoms with E-state index in [4.69, 9.17) is 15.2 Å². The van der Waals surface area contributed by atoms with Gasteiger partial charge in [-0.25, -0.2) is 4.79 Å². The second-order valence-corrected chi connectivity index (χ2v) is 5.26. The standard InChI is InChI=1S/C15H15BrN2O3/c1-10-14(8-12(17)9-18-10)15(19)21-6-5-20-13-4-2-3-11(16)7-13/h2-4,7-9H,5-6,17H2,1H3. The van der Waals surface area contributed by atoms with Crippen LogP contribution in [0.4, 0.5) is 5.69 Å². The van der Waals surface area contributed by atoms with Crippen LogP contribution in [0.3, 0.4) is 0 Å². The van der Waals surface area contributed by atoms with E-state index in [0.717, 1.165) is 4.47 Å². The number of aryl methyl sites for hydroxylation is 1. The molecule has 0 amide bonds. The number of benzene rings is 1. The summed E-state index contributed by atoms with van der Waals surface area (Å²) < 4.78 is 11.6. The highest BCUT2D eigenvalue weighted by Gasteiger charge is 2.11. The Labute approximate surface area is 131 Å². The molecule has 6 heteroatoms. The number of ether oxygens (including phenoxy) is 2. The molecular formula is C15H15BrN2O3. The largest absolute Gasteiger partial charge is 0.490 e. The zero-order valence-corrected chi connectivity index (χ0v) is 13.1. The van der Waals surface area contributed by atoms with Gasteiger partial charge in [0, 0.05) is 4.47 Å². The van der Waals surface area contributed by atoms with Gasteiger partial charge in [0.05, 0.1) is 23.1 Å². The third-order valence-corrected chi connectivity index (χ3v) is 3.20. The van der Waals surface area contributed by atoms with E-state index in [1.54, 1.807) is 13.0 Å². The van der Waals surface area contributed by atoms with Gasteiger partial charge in [-0.15, -0.1) is 0 Å². The number of nitrogen functional groups attached to an aromatic ring is 1. The number of hydrogen-bond donors (Lipinski definition) is 1. The summed E-state index contributed by atoms with van der Waals surface area (Å²) in [6.45, 7) is 2.16. The molecule has 0 aliphatic rings. The molecule has 0 fully saturated rings. The number of aromatic nitrogens is 1. The molecule has 0 spiro atoms. The summed E-state index contributed by atoms with van der Waals surface area (Å²) in [5.74, 6) is 0.257. The summed E-state index contributed by atoms with van der Waals surface area (Å²) in [4.78, 5) is 15.9. The minimum absolute atomic E-state index is 0.152. The number of esters is 1. The molecular weight excluding hydrogens is 336 g/mol. The molecule has 2 aromatic rings. The molecule has 110 valence electrons. The highest BCUT2D eigenvalue weighted by Crippen LogP contribution is 2.17. The molecule has 0 radical (unpaired) electrons. The summed E-state index contributed by atoms with van der Waals surface area (Å²) in [6.07, 6.45) is 1.50. The lowest BCUT2D eigenvalue weighted by atomic mass is 10.2. The van der Waals surface area contributed by atoms with Crippen molar-refractivity contribution in [3.63, 3.8) is 0 Å². The van der Waals surface area contributed by atoms with Crippen molar-refractivity contribution in [2.75, 3.05) is 18.9 Å². The monoisotopic (exact) mass is 350 g/mol. The van der Waals surface area contributed by atoms with Crippen LogP contribution in [0.25, 0.3) is 0 Å². The summed E-state index contributed by atoms with van der Waals surface area (Å²) in [6, 6.07) is 9.00. The van der Waals surface area contributed by atoms with Crippen molar-refractivity contribution in [2.24, 2.45) is 0 Å². The first kappa shape index (κ1) is 15.3. The van der Waals surface area contributed by atoms with Crippen LogP contribution in [0.1, 0.15) is 16.1 Å². The number of pyridine rings is 1. The highest BCUT2D eigenvalue weighted by atomic mass is 79.9. The van der Waals surface area contributed by atoms with Crippen LogP contribution in [0.2, 0.25) is 0 Å². The van der Waals surface area contributed by atoms with Crippen LogP contribution >= 0.6 is 15.9 Å². The highest BCUT2D eigenvalue weighted by molar-refractivity contribution is 9.10. The van der Waals surface area contributed by atoms with Crippen molar-refractivity contribution >= 4 is 27.6 Å². The number of anilines is 1. The first-order valence-electron chi connectivity index (χ1n) is 6.34. The topological polar surface area (TPSA) is 74.4 Å². The van der Waals surface area contributed by atoms with E-state index in [9.17, 15) is 4.79 Å². The molecule has 2 N–H and O–H groups in total. The molecule has 1 heterocycles. The van der Waals surface area contributed by atoms with E-state index in [-0.39, 0.29) is 13.2 Å². The molecule has 1 aromatic carbocycles. The Hall–Kier alpha value is -2.08. The Kier molecular flexibility index (Phi) is 5.16. The van der Waals surface area contributed by atoms with Crippen LogP contribution in [0.15, 0.2) is 41.0 Å². The number of rotatable bonds is 5. The normalized spacial score (nSPS) is 10.2. The Morgan fingerprint density at radius 3 is 2.90 bits per heavy atom. The molecule has 21 heavy (non-hydrogen) atoms. The summed E-state index contributed by atoms with van der Waals surface area (Å²) in [5, 5.41) is 0. The smallest absolute Gasteiger partial charge is 0.340 e. The third-order valence-electron chi connectivity index (χ3n) is 2.71. The van der Waals surface area contributed by atoms with Crippen molar-refractivity contribution in [1.29, 1.82) is 0 Å². The zero-order chi connectivity index (χ0) is 15.2. The number of hydrogen-bond acceptors (Lipinski definition) is 5. The molecule has 2 rings (SSSR count).